The topological polar surface area (TPSA) is 90.9 Å². The molecule has 3 N–H and O–H groups in total. The molecule has 2 aromatic rings. The molecule has 2 aliphatic rings. The van der Waals surface area contributed by atoms with Gasteiger partial charge in [-0.3, -0.25) is 9.59 Å². The molecule has 2 atom stereocenters. The van der Waals surface area contributed by atoms with Crippen LogP contribution in [0.4, 0.5) is 14.5 Å². The Morgan fingerprint density at radius 2 is 1.94 bits per heavy atom. The molecule has 182 valence electrons. The Balaban J connectivity index is 1.44. The van der Waals surface area contributed by atoms with Crippen LogP contribution >= 0.6 is 0 Å². The van der Waals surface area contributed by atoms with Crippen LogP contribution in [0.1, 0.15) is 30.9 Å². The van der Waals surface area contributed by atoms with Gasteiger partial charge in [0.15, 0.2) is 0 Å². The number of nitrogens with one attached hydrogen (secondary N) is 2. The van der Waals surface area contributed by atoms with Crippen LogP contribution in [0.15, 0.2) is 42.5 Å². The summed E-state index contributed by atoms with van der Waals surface area (Å²) in [7, 11) is 0. The van der Waals surface area contributed by atoms with Crippen LogP contribution in [0, 0.1) is 11.6 Å². The van der Waals surface area contributed by atoms with E-state index in [1.54, 1.807) is 4.90 Å². The van der Waals surface area contributed by atoms with Crippen LogP contribution in [0.3, 0.4) is 0 Å². The highest BCUT2D eigenvalue weighted by Gasteiger charge is 2.44. The maximum Gasteiger partial charge on any atom is 0.253 e. The molecule has 1 saturated heterocycles. The van der Waals surface area contributed by atoms with Crippen LogP contribution in [-0.4, -0.2) is 55.4 Å². The number of aliphatic hydroxyl groups excluding tert-OH is 1. The average molecular weight is 474 g/mol. The number of carbonyl (C=O) groups excluding carboxylic acids is 2. The van der Waals surface area contributed by atoms with Gasteiger partial charge in [-0.2, -0.15) is 0 Å². The molecule has 0 spiro atoms. The van der Waals surface area contributed by atoms with Gasteiger partial charge in [0.05, 0.1) is 18.8 Å². The third-order valence-corrected chi connectivity index (χ3v) is 6.33. The van der Waals surface area contributed by atoms with E-state index in [-0.39, 0.29) is 36.9 Å². The van der Waals surface area contributed by atoms with E-state index in [2.05, 4.69) is 10.6 Å². The normalized spacial score (nSPS) is 18.9. The zero-order valence-electron chi connectivity index (χ0n) is 19.0. The largest absolute Gasteiger partial charge is 0.390 e. The van der Waals surface area contributed by atoms with Gasteiger partial charge in [0.2, 0.25) is 5.91 Å². The molecular weight excluding hydrogens is 444 g/mol. The average Bonchev–Trinajstić information content (AvgIpc) is 3.58. The molecule has 0 aromatic heterocycles. The van der Waals surface area contributed by atoms with Crippen molar-refractivity contribution in [3.05, 3.63) is 65.2 Å². The number of nitrogens with zero attached hydrogens (tertiary/aromatic N) is 1. The number of halogens is 2. The summed E-state index contributed by atoms with van der Waals surface area (Å²) >= 11 is 0. The van der Waals surface area contributed by atoms with Crippen molar-refractivity contribution in [2.24, 2.45) is 0 Å². The summed E-state index contributed by atoms with van der Waals surface area (Å²) < 4.78 is 32.4. The van der Waals surface area contributed by atoms with Crippen molar-refractivity contribution in [1.82, 2.24) is 10.6 Å². The molecule has 0 radical (unpaired) electrons. The molecule has 1 aliphatic heterocycles. The summed E-state index contributed by atoms with van der Waals surface area (Å²) in [6.45, 7) is 2.56. The van der Waals surface area contributed by atoms with Crippen molar-refractivity contribution in [3.63, 3.8) is 0 Å². The number of anilines is 1. The van der Waals surface area contributed by atoms with Gasteiger partial charge in [-0.25, -0.2) is 8.78 Å². The number of carbonyl (C=O) groups is 2. The molecule has 2 aromatic carbocycles. The van der Waals surface area contributed by atoms with Crippen molar-refractivity contribution in [3.8, 4) is 0 Å². The Labute approximate surface area is 197 Å². The highest BCUT2D eigenvalue weighted by atomic mass is 19.1. The van der Waals surface area contributed by atoms with Crippen LogP contribution in [0.5, 0.6) is 0 Å². The number of aliphatic hydroxyl groups is 1. The van der Waals surface area contributed by atoms with E-state index in [1.165, 1.54) is 19.1 Å². The van der Waals surface area contributed by atoms with Crippen molar-refractivity contribution in [2.75, 3.05) is 31.2 Å². The second-order valence-corrected chi connectivity index (χ2v) is 8.97. The molecule has 4 rings (SSSR count). The molecule has 7 nitrogen and oxygen atoms in total. The summed E-state index contributed by atoms with van der Waals surface area (Å²) in [6.07, 6.45) is 0.815. The van der Waals surface area contributed by atoms with Crippen LogP contribution in [0.2, 0.25) is 0 Å². The van der Waals surface area contributed by atoms with E-state index >= 15 is 0 Å². The molecule has 2 fully saturated rings. The first kappa shape index (κ1) is 24.3. The van der Waals surface area contributed by atoms with Gasteiger partial charge in [-0.1, -0.05) is 12.1 Å². The van der Waals surface area contributed by atoms with E-state index in [1.807, 2.05) is 24.3 Å². The van der Waals surface area contributed by atoms with E-state index < -0.39 is 23.8 Å². The predicted octanol–water partition coefficient (Wildman–Crippen LogP) is 2.01. The zero-order valence-corrected chi connectivity index (χ0v) is 19.0. The highest BCUT2D eigenvalue weighted by molar-refractivity contribution is 5.94. The molecule has 1 saturated carbocycles. The van der Waals surface area contributed by atoms with Gasteiger partial charge in [0, 0.05) is 37.3 Å². The molecule has 34 heavy (non-hydrogen) atoms. The standard InChI is InChI=1S/C25H29F2N3O4/c1-16(31)29-22(11-17-9-19(26)13-20(27)10-17)23(32)14-28-25(5-6-25)18-3-2-4-21(12-18)30-7-8-34-15-24(30)33/h2-4,9-10,12-13,22-23,28,32H,5-8,11,14-15H2,1H3,(H,29,31). The SMILES string of the molecule is CC(=O)NC(Cc1cc(F)cc(F)c1)C(O)CNC1(c2cccc(N3CCOCC3=O)c2)CC1. The first-order valence-electron chi connectivity index (χ1n) is 11.4. The van der Waals surface area contributed by atoms with Gasteiger partial charge in [-0.15, -0.1) is 0 Å². The van der Waals surface area contributed by atoms with Gasteiger partial charge in [0.25, 0.3) is 5.91 Å². The fraction of sp³-hybridized carbons (Fsp3) is 0.440. The summed E-state index contributed by atoms with van der Waals surface area (Å²) in [4.78, 5) is 25.6. The van der Waals surface area contributed by atoms with Gasteiger partial charge < -0.3 is 25.4 Å². The molecule has 1 aliphatic carbocycles. The first-order chi connectivity index (χ1) is 16.3. The third kappa shape index (κ3) is 5.78. The maximum absolute atomic E-state index is 13.6. The summed E-state index contributed by atoms with van der Waals surface area (Å²) in [6, 6.07) is 10.2. The van der Waals surface area contributed by atoms with E-state index in [0.717, 1.165) is 30.2 Å². The lowest BCUT2D eigenvalue weighted by atomic mass is 9.99. The molecule has 2 unspecified atom stereocenters. The third-order valence-electron chi connectivity index (χ3n) is 6.33. The van der Waals surface area contributed by atoms with Crippen molar-refractivity contribution in [2.45, 2.75) is 43.9 Å². The number of morpholine rings is 1. The number of benzene rings is 2. The number of hydrogen-bond donors (Lipinski definition) is 3. The number of amides is 2. The maximum atomic E-state index is 13.6. The van der Waals surface area contributed by atoms with E-state index in [4.69, 9.17) is 4.74 Å². The molecule has 0 bridgehead atoms. The summed E-state index contributed by atoms with van der Waals surface area (Å²) in [5.41, 5.74) is 1.83. The Bertz CT molecular complexity index is 1040. The van der Waals surface area contributed by atoms with E-state index in [9.17, 15) is 23.5 Å². The molecular formula is C25H29F2N3O4. The molecule has 1 heterocycles. The lowest BCUT2D eigenvalue weighted by molar-refractivity contribution is -0.125. The van der Waals surface area contributed by atoms with Crippen molar-refractivity contribution < 1.29 is 28.2 Å². The fourth-order valence-electron chi connectivity index (χ4n) is 4.42. The minimum absolute atomic E-state index is 0.0690. The Morgan fingerprint density at radius 3 is 2.59 bits per heavy atom. The second-order valence-electron chi connectivity index (χ2n) is 8.97. The smallest absolute Gasteiger partial charge is 0.253 e. The van der Waals surface area contributed by atoms with Gasteiger partial charge in [-0.05, 0) is 54.7 Å². The lowest BCUT2D eigenvalue weighted by Crippen LogP contribution is -2.49. The van der Waals surface area contributed by atoms with Crippen LogP contribution < -0.4 is 15.5 Å². The second kappa shape index (κ2) is 10.2. The Hall–Kier alpha value is -2.88. The minimum atomic E-state index is -0.989. The Kier molecular flexibility index (Phi) is 7.25. The number of hydrogen-bond acceptors (Lipinski definition) is 5. The summed E-state index contributed by atoms with van der Waals surface area (Å²) in [5, 5.41) is 17.0. The van der Waals surface area contributed by atoms with Gasteiger partial charge in [0.1, 0.15) is 18.2 Å². The van der Waals surface area contributed by atoms with Crippen molar-refractivity contribution in [1.29, 1.82) is 0 Å². The molecule has 9 heteroatoms. The number of ether oxygens (including phenoxy) is 1. The fourth-order valence-corrected chi connectivity index (χ4v) is 4.42. The first-order valence-corrected chi connectivity index (χ1v) is 11.4. The summed E-state index contributed by atoms with van der Waals surface area (Å²) in [5.74, 6) is -1.84. The molecule has 2 amide bonds. The Morgan fingerprint density at radius 1 is 1.21 bits per heavy atom. The highest BCUT2D eigenvalue weighted by Crippen LogP contribution is 2.46. The predicted molar refractivity (Wildman–Crippen MR) is 122 cm³/mol. The van der Waals surface area contributed by atoms with Crippen LogP contribution in [0.25, 0.3) is 0 Å². The van der Waals surface area contributed by atoms with Gasteiger partial charge >= 0.3 is 0 Å². The lowest BCUT2D eigenvalue weighted by Gasteiger charge is -2.29. The quantitative estimate of drug-likeness (QED) is 0.519. The zero-order chi connectivity index (χ0) is 24.3. The number of rotatable bonds is 9. The van der Waals surface area contributed by atoms with Crippen LogP contribution in [-0.2, 0) is 26.3 Å². The monoisotopic (exact) mass is 473 g/mol. The van der Waals surface area contributed by atoms with E-state index in [0.29, 0.717) is 18.7 Å². The van der Waals surface area contributed by atoms with Crippen molar-refractivity contribution >= 4 is 17.5 Å². The minimum Gasteiger partial charge on any atom is -0.390 e.